The van der Waals surface area contributed by atoms with Gasteiger partial charge in [0, 0.05) is 31.5 Å². The third-order valence-electron chi connectivity index (χ3n) is 5.71. The first-order valence-corrected chi connectivity index (χ1v) is 11.3. The number of nitrogens with zero attached hydrogens (tertiary/aromatic N) is 2. The van der Waals surface area contributed by atoms with Gasteiger partial charge in [-0.25, -0.2) is 0 Å². The van der Waals surface area contributed by atoms with Crippen LogP contribution in [-0.4, -0.2) is 22.9 Å². The molecule has 188 valence electrons. The summed E-state index contributed by atoms with van der Waals surface area (Å²) >= 11 is 0. The van der Waals surface area contributed by atoms with Gasteiger partial charge in [-0.05, 0) is 60.4 Å². The van der Waals surface area contributed by atoms with Crippen molar-refractivity contribution < 1.29 is 18.6 Å². The van der Waals surface area contributed by atoms with Gasteiger partial charge in [0.2, 0.25) is 5.43 Å². The SMILES string of the molecule is C=Cc1c(N(Cc2ccccc2)C(=C)c2ccc(OC(F)F)cc2)c(=O)cc(CCCO)c(=O)n1C. The molecule has 1 N–H and O–H groups in total. The van der Waals surface area contributed by atoms with Crippen LogP contribution in [0, 0.1) is 0 Å². The summed E-state index contributed by atoms with van der Waals surface area (Å²) < 4.78 is 31.0. The van der Waals surface area contributed by atoms with Gasteiger partial charge in [-0.15, -0.1) is 0 Å². The van der Waals surface area contributed by atoms with Crippen LogP contribution in [0.3, 0.4) is 0 Å². The Balaban J connectivity index is 2.21. The lowest BCUT2D eigenvalue weighted by molar-refractivity contribution is -0.0498. The number of anilines is 1. The van der Waals surface area contributed by atoms with Crippen LogP contribution in [0.5, 0.6) is 5.75 Å². The Hall–Kier alpha value is -4.04. The number of hydrogen-bond acceptors (Lipinski definition) is 5. The Kier molecular flexibility index (Phi) is 8.91. The van der Waals surface area contributed by atoms with Gasteiger partial charge in [0.15, 0.2) is 0 Å². The van der Waals surface area contributed by atoms with Crippen molar-refractivity contribution in [3.8, 4) is 5.75 Å². The summed E-state index contributed by atoms with van der Waals surface area (Å²) in [7, 11) is 1.56. The van der Waals surface area contributed by atoms with E-state index < -0.39 is 12.0 Å². The highest BCUT2D eigenvalue weighted by Crippen LogP contribution is 2.29. The zero-order valence-corrected chi connectivity index (χ0v) is 20.0. The average Bonchev–Trinajstić information content (AvgIpc) is 2.96. The summed E-state index contributed by atoms with van der Waals surface area (Å²) in [5.74, 6) is -0.00510. The smallest absolute Gasteiger partial charge is 0.387 e. The molecule has 0 spiro atoms. The highest BCUT2D eigenvalue weighted by Gasteiger charge is 2.21. The van der Waals surface area contributed by atoms with E-state index in [4.69, 9.17) is 0 Å². The van der Waals surface area contributed by atoms with Crippen molar-refractivity contribution in [1.82, 2.24) is 4.57 Å². The minimum Gasteiger partial charge on any atom is -0.435 e. The monoisotopic (exact) mass is 494 g/mol. The third kappa shape index (κ3) is 6.14. The fourth-order valence-corrected chi connectivity index (χ4v) is 3.91. The summed E-state index contributed by atoms with van der Waals surface area (Å²) in [4.78, 5) is 28.4. The summed E-state index contributed by atoms with van der Waals surface area (Å²) in [5, 5.41) is 9.22. The lowest BCUT2D eigenvalue weighted by atomic mass is 10.1. The Bertz CT molecular complexity index is 1340. The minimum absolute atomic E-state index is 0.00510. The number of benzene rings is 2. The molecule has 3 aromatic rings. The van der Waals surface area contributed by atoms with E-state index in [0.29, 0.717) is 23.4 Å². The molecule has 1 aromatic heterocycles. The number of aliphatic hydroxyl groups excluding tert-OH is 1. The molecule has 3 rings (SSSR count). The molecule has 0 radical (unpaired) electrons. The van der Waals surface area contributed by atoms with Gasteiger partial charge in [0.25, 0.3) is 5.56 Å². The Labute approximate surface area is 208 Å². The van der Waals surface area contributed by atoms with E-state index in [1.165, 1.54) is 28.8 Å². The van der Waals surface area contributed by atoms with Crippen molar-refractivity contribution in [3.05, 3.63) is 117 Å². The number of rotatable bonds is 11. The van der Waals surface area contributed by atoms with Crippen molar-refractivity contribution in [3.63, 3.8) is 0 Å². The van der Waals surface area contributed by atoms with Crippen LogP contribution in [-0.2, 0) is 20.0 Å². The molecule has 1 heterocycles. The van der Waals surface area contributed by atoms with Crippen LogP contribution in [0.15, 0.2) is 83.4 Å². The Morgan fingerprint density at radius 3 is 2.39 bits per heavy atom. The fraction of sp³-hybridized carbons (Fsp3) is 0.214. The number of aromatic nitrogens is 1. The maximum atomic E-state index is 13.6. The summed E-state index contributed by atoms with van der Waals surface area (Å²) in [5.41, 5.74) is 1.87. The largest absolute Gasteiger partial charge is 0.435 e. The topological polar surface area (TPSA) is 71.8 Å². The van der Waals surface area contributed by atoms with Gasteiger partial charge < -0.3 is 19.3 Å². The fourth-order valence-electron chi connectivity index (χ4n) is 3.91. The molecular weight excluding hydrogens is 466 g/mol. The molecular formula is C28H28F2N2O4. The van der Waals surface area contributed by atoms with Crippen LogP contribution in [0.4, 0.5) is 14.5 Å². The summed E-state index contributed by atoms with van der Waals surface area (Å²) in [6.45, 7) is 5.21. The second-order valence-corrected chi connectivity index (χ2v) is 8.08. The third-order valence-corrected chi connectivity index (χ3v) is 5.71. The number of hydrogen-bond donors (Lipinski definition) is 1. The molecule has 0 amide bonds. The minimum atomic E-state index is -2.95. The zero-order chi connectivity index (χ0) is 26.2. The van der Waals surface area contributed by atoms with Crippen LogP contribution >= 0.6 is 0 Å². The van der Waals surface area contributed by atoms with E-state index in [9.17, 15) is 23.5 Å². The van der Waals surface area contributed by atoms with Gasteiger partial charge in [0.05, 0.1) is 5.69 Å². The van der Waals surface area contributed by atoms with Crippen LogP contribution in [0.1, 0.15) is 28.8 Å². The molecule has 36 heavy (non-hydrogen) atoms. The van der Waals surface area contributed by atoms with Gasteiger partial charge in [-0.1, -0.05) is 43.5 Å². The van der Waals surface area contributed by atoms with Crippen molar-refractivity contribution in [1.29, 1.82) is 0 Å². The molecule has 0 saturated carbocycles. The lowest BCUT2D eigenvalue weighted by Gasteiger charge is -2.28. The number of aryl methyl sites for hydroxylation is 1. The van der Waals surface area contributed by atoms with Crippen LogP contribution < -0.4 is 20.6 Å². The number of aliphatic hydroxyl groups is 1. The van der Waals surface area contributed by atoms with Crippen molar-refractivity contribution in [2.75, 3.05) is 11.5 Å². The van der Waals surface area contributed by atoms with Gasteiger partial charge in [0.1, 0.15) is 11.4 Å². The van der Waals surface area contributed by atoms with Gasteiger partial charge in [-0.2, -0.15) is 8.78 Å². The Morgan fingerprint density at radius 2 is 1.81 bits per heavy atom. The van der Waals surface area contributed by atoms with Crippen molar-refractivity contribution >= 4 is 17.5 Å². The molecule has 0 bridgehead atoms. The highest BCUT2D eigenvalue weighted by atomic mass is 19.3. The highest BCUT2D eigenvalue weighted by molar-refractivity contribution is 5.81. The molecule has 0 saturated heterocycles. The van der Waals surface area contributed by atoms with E-state index in [1.54, 1.807) is 24.1 Å². The van der Waals surface area contributed by atoms with E-state index in [-0.39, 0.29) is 42.1 Å². The molecule has 6 nitrogen and oxygen atoms in total. The van der Waals surface area contributed by atoms with E-state index in [1.807, 2.05) is 30.3 Å². The maximum Gasteiger partial charge on any atom is 0.387 e. The standard InChI is InChI=1S/C28H28F2N2O4/c1-4-24-26(25(34)17-22(11-8-16-33)27(35)31(24)3)32(18-20-9-6-5-7-10-20)19(2)21-12-14-23(15-13-21)36-28(29)30/h4-7,9-10,12-15,17,28,33H,1-2,8,11,16,18H2,3H3. The first-order valence-electron chi connectivity index (χ1n) is 11.3. The second-order valence-electron chi connectivity index (χ2n) is 8.08. The molecule has 0 atom stereocenters. The molecule has 0 aliphatic carbocycles. The Morgan fingerprint density at radius 1 is 1.14 bits per heavy atom. The predicted octanol–water partition coefficient (Wildman–Crippen LogP) is 4.59. The van der Waals surface area contributed by atoms with Crippen molar-refractivity contribution in [2.24, 2.45) is 7.05 Å². The first-order chi connectivity index (χ1) is 17.3. The molecule has 0 unspecified atom stereocenters. The predicted molar refractivity (Wildman–Crippen MR) is 138 cm³/mol. The lowest BCUT2D eigenvalue weighted by Crippen LogP contribution is -2.27. The molecule has 0 aliphatic heterocycles. The first kappa shape index (κ1) is 26.6. The number of halogens is 2. The second kappa shape index (κ2) is 12.1. The molecule has 0 aliphatic rings. The zero-order valence-electron chi connectivity index (χ0n) is 20.0. The van der Waals surface area contributed by atoms with Crippen LogP contribution in [0.25, 0.3) is 11.8 Å². The number of alkyl halides is 2. The average molecular weight is 495 g/mol. The van der Waals surface area contributed by atoms with E-state index in [0.717, 1.165) is 5.56 Å². The molecule has 8 heteroatoms. The van der Waals surface area contributed by atoms with Gasteiger partial charge in [-0.3, -0.25) is 9.59 Å². The molecule has 0 fully saturated rings. The van der Waals surface area contributed by atoms with E-state index >= 15 is 0 Å². The molecule has 2 aromatic carbocycles. The quantitative estimate of drug-likeness (QED) is 0.422. The van der Waals surface area contributed by atoms with Crippen molar-refractivity contribution in [2.45, 2.75) is 26.0 Å². The van der Waals surface area contributed by atoms with E-state index in [2.05, 4.69) is 17.9 Å². The maximum absolute atomic E-state index is 13.6. The summed E-state index contributed by atoms with van der Waals surface area (Å²) in [6, 6.07) is 16.6. The number of ether oxygens (including phenoxy) is 1. The van der Waals surface area contributed by atoms with Crippen LogP contribution in [0.2, 0.25) is 0 Å². The normalized spacial score (nSPS) is 10.8. The summed E-state index contributed by atoms with van der Waals surface area (Å²) in [6.07, 6.45) is 2.03. The van der Waals surface area contributed by atoms with Gasteiger partial charge >= 0.3 is 6.61 Å².